The minimum atomic E-state index is -0.702. The summed E-state index contributed by atoms with van der Waals surface area (Å²) in [6, 6.07) is 0. The molecule has 0 aliphatic carbocycles. The molecule has 2 N–H and O–H groups in total. The van der Waals surface area contributed by atoms with Crippen LogP contribution in [0.5, 0.6) is 0 Å². The summed E-state index contributed by atoms with van der Waals surface area (Å²) in [5.74, 6) is 2.68. The quantitative estimate of drug-likeness (QED) is 0.0562. The minimum absolute atomic E-state index is 0.0736. The Kier molecular flexibility index (Phi) is 47.2. The van der Waals surface area contributed by atoms with Crippen molar-refractivity contribution < 1.29 is 19.8 Å². The van der Waals surface area contributed by atoms with E-state index in [0.29, 0.717) is 0 Å². The molecule has 4 nitrogen and oxygen atoms in total. The van der Waals surface area contributed by atoms with Crippen molar-refractivity contribution in [3.05, 3.63) is 0 Å². The van der Waals surface area contributed by atoms with E-state index in [4.69, 9.17) is 10.2 Å². The van der Waals surface area contributed by atoms with Crippen molar-refractivity contribution in [3.63, 3.8) is 0 Å². The van der Waals surface area contributed by atoms with Crippen LogP contribution in [0.3, 0.4) is 0 Å². The summed E-state index contributed by atoms with van der Waals surface area (Å²) in [6.07, 6.45) is 27.8. The Morgan fingerprint density at radius 3 is 1.16 bits per heavy atom. The summed E-state index contributed by atoms with van der Waals surface area (Å²) in [6.45, 7) is 13.5. The van der Waals surface area contributed by atoms with Gasteiger partial charge in [0.25, 0.3) is 0 Å². The van der Waals surface area contributed by atoms with Crippen LogP contribution in [0, 0.1) is 11.8 Å². The molecule has 0 aliphatic rings. The topological polar surface area (TPSA) is 74.6 Å². The van der Waals surface area contributed by atoms with Gasteiger partial charge in [-0.1, -0.05) is 66.2 Å². The second kappa shape index (κ2) is 42.4. The van der Waals surface area contributed by atoms with Crippen molar-refractivity contribution in [1.29, 1.82) is 0 Å². The summed E-state index contributed by atoms with van der Waals surface area (Å²) in [7, 11) is 0. The van der Waals surface area contributed by atoms with Crippen molar-refractivity contribution >= 4 is 56.6 Å². The van der Waals surface area contributed by atoms with Crippen LogP contribution in [0.4, 0.5) is 0 Å². The molecular formula is C36H74O4S2Sn. The average molecular weight is 754 g/mol. The Morgan fingerprint density at radius 2 is 0.837 bits per heavy atom. The number of aliphatic carboxylic acids is 2. The van der Waals surface area contributed by atoms with E-state index in [1.807, 2.05) is 0 Å². The Morgan fingerprint density at radius 1 is 0.512 bits per heavy atom. The van der Waals surface area contributed by atoms with E-state index in [9.17, 15) is 9.59 Å². The molecule has 0 saturated heterocycles. The number of unbranched alkanes of at least 4 members (excludes halogenated alkanes) is 14. The van der Waals surface area contributed by atoms with Crippen LogP contribution in [-0.4, -0.2) is 66.3 Å². The van der Waals surface area contributed by atoms with Crippen LogP contribution in [-0.2, 0) is 9.59 Å². The summed E-state index contributed by atoms with van der Waals surface area (Å²) >= 11 is 3.11. The van der Waals surface area contributed by atoms with Crippen molar-refractivity contribution in [2.45, 2.75) is 179 Å². The molecule has 0 unspecified atom stereocenters. The third-order valence-corrected chi connectivity index (χ3v) is 13.1. The second-order valence-electron chi connectivity index (χ2n) is 12.7. The van der Waals surface area contributed by atoms with E-state index in [2.05, 4.69) is 41.5 Å². The van der Waals surface area contributed by atoms with Crippen molar-refractivity contribution in [1.82, 2.24) is 0 Å². The zero-order valence-electron chi connectivity index (χ0n) is 29.6. The first-order valence-corrected chi connectivity index (χ1v) is 24.3. The number of thioether (sulfide) groups is 2. The molecule has 0 aromatic carbocycles. The number of hydrogen-bond acceptors (Lipinski definition) is 4. The second-order valence-corrected chi connectivity index (χ2v) is 19.2. The van der Waals surface area contributed by atoms with Gasteiger partial charge in [0.1, 0.15) is 0 Å². The zero-order chi connectivity index (χ0) is 32.8. The predicted octanol–water partition coefficient (Wildman–Crippen LogP) is 12.3. The van der Waals surface area contributed by atoms with Crippen molar-refractivity contribution in [2.75, 3.05) is 23.0 Å². The Hall–Kier alpha value is 0.439. The van der Waals surface area contributed by atoms with E-state index in [1.165, 1.54) is 126 Å². The molecule has 0 heterocycles. The van der Waals surface area contributed by atoms with Gasteiger partial charge in [-0.3, -0.25) is 9.59 Å². The first-order chi connectivity index (χ1) is 20.7. The number of rotatable bonds is 30. The average Bonchev–Trinajstić information content (AvgIpc) is 2.94. The van der Waals surface area contributed by atoms with Gasteiger partial charge in [-0.25, -0.2) is 0 Å². The van der Waals surface area contributed by atoms with Gasteiger partial charge < -0.3 is 10.2 Å². The summed E-state index contributed by atoms with van der Waals surface area (Å²) < 4.78 is 3.31. The maximum absolute atomic E-state index is 10.2. The summed E-state index contributed by atoms with van der Waals surface area (Å²) in [5.41, 5.74) is 0. The van der Waals surface area contributed by atoms with Crippen LogP contribution < -0.4 is 0 Å². The van der Waals surface area contributed by atoms with Gasteiger partial charge in [0.2, 0.25) is 0 Å². The fourth-order valence-electron chi connectivity index (χ4n) is 4.37. The SMILES string of the molecule is CC(C)CCCCCSCC(=O)O.CC(C)CCCCCSCC(=O)O.CCCCCCC[CH2][Sn][CH2]CCCCCCC. The van der Waals surface area contributed by atoms with Crippen LogP contribution in [0.15, 0.2) is 0 Å². The number of carboxylic acid groups (broad SMARTS) is 2. The first-order valence-electron chi connectivity index (χ1n) is 18.0. The number of hydrogen-bond donors (Lipinski definition) is 2. The molecule has 0 aromatic rings. The zero-order valence-corrected chi connectivity index (χ0v) is 34.1. The Bertz CT molecular complexity index is 501. The third kappa shape index (κ3) is 58.5. The van der Waals surface area contributed by atoms with Gasteiger partial charge >= 0.3 is 133 Å². The van der Waals surface area contributed by atoms with Gasteiger partial charge in [0.15, 0.2) is 0 Å². The molecule has 258 valence electrons. The number of carboxylic acids is 2. The molecule has 0 aliphatic heterocycles. The van der Waals surface area contributed by atoms with Crippen LogP contribution in [0.2, 0.25) is 8.87 Å². The molecule has 0 fully saturated rings. The molecule has 0 atom stereocenters. The molecule has 2 radical (unpaired) electrons. The normalized spacial score (nSPS) is 10.8. The van der Waals surface area contributed by atoms with E-state index in [1.54, 1.807) is 21.7 Å². The molecular weight excluding hydrogens is 679 g/mol. The Balaban J connectivity index is -0.000000566. The fraction of sp³-hybridized carbons (Fsp3) is 0.944. The monoisotopic (exact) mass is 754 g/mol. The standard InChI is InChI=1S/2C10H20O2S.2C8H17.Sn/c2*1-9(2)6-4-3-5-7-13-8-10(11)12;2*1-3-5-7-8-6-4-2;/h2*9H,3-8H2,1-2H3,(H,11,12);2*1,3-8H2,2H3;. The van der Waals surface area contributed by atoms with Gasteiger partial charge in [-0.15, -0.1) is 0 Å². The van der Waals surface area contributed by atoms with Gasteiger partial charge in [0, 0.05) is 0 Å². The first kappa shape index (κ1) is 47.8. The molecule has 0 aromatic heterocycles. The van der Waals surface area contributed by atoms with Gasteiger partial charge in [-0.05, 0) is 36.2 Å². The summed E-state index contributed by atoms with van der Waals surface area (Å²) in [4.78, 5) is 20.3. The van der Waals surface area contributed by atoms with Crippen molar-refractivity contribution in [3.8, 4) is 0 Å². The van der Waals surface area contributed by atoms with Gasteiger partial charge in [-0.2, -0.15) is 23.5 Å². The Labute approximate surface area is 288 Å². The third-order valence-electron chi connectivity index (χ3n) is 7.01. The predicted molar refractivity (Wildman–Crippen MR) is 199 cm³/mol. The van der Waals surface area contributed by atoms with Crippen LogP contribution in [0.1, 0.15) is 170 Å². The molecule has 0 bridgehead atoms. The molecule has 0 rings (SSSR count). The van der Waals surface area contributed by atoms with Crippen LogP contribution >= 0.6 is 23.5 Å². The van der Waals surface area contributed by atoms with Crippen LogP contribution in [0.25, 0.3) is 0 Å². The molecule has 0 saturated carbocycles. The fourth-order valence-corrected chi connectivity index (χ4v) is 9.39. The van der Waals surface area contributed by atoms with E-state index >= 15 is 0 Å². The number of carbonyl (C=O) groups is 2. The molecule has 7 heteroatoms. The molecule has 43 heavy (non-hydrogen) atoms. The van der Waals surface area contributed by atoms with Gasteiger partial charge in [0.05, 0.1) is 11.5 Å². The van der Waals surface area contributed by atoms with E-state index in [0.717, 1.165) is 36.2 Å². The maximum atomic E-state index is 10.2. The van der Waals surface area contributed by atoms with E-state index in [-0.39, 0.29) is 32.6 Å². The molecule has 0 spiro atoms. The van der Waals surface area contributed by atoms with Crippen molar-refractivity contribution in [2.24, 2.45) is 11.8 Å². The van der Waals surface area contributed by atoms with E-state index < -0.39 is 11.9 Å². The molecule has 0 amide bonds. The summed E-state index contributed by atoms with van der Waals surface area (Å²) in [5, 5.41) is 16.7.